The summed E-state index contributed by atoms with van der Waals surface area (Å²) in [5.41, 5.74) is -2.83. The third-order valence-corrected chi connectivity index (χ3v) is 11.7. The van der Waals surface area contributed by atoms with Gasteiger partial charge < -0.3 is 66.9 Å². The lowest BCUT2D eigenvalue weighted by atomic mass is 9.91. The molecular formula is C44H53F13INO23. The zero-order chi connectivity index (χ0) is 63.5. The van der Waals surface area contributed by atoms with Crippen molar-refractivity contribution in [1.29, 1.82) is 0 Å². The van der Waals surface area contributed by atoms with Crippen molar-refractivity contribution in [2.75, 3.05) is 33.0 Å². The van der Waals surface area contributed by atoms with Gasteiger partial charge in [0.25, 0.3) is 0 Å². The minimum atomic E-state index is -8.26. The van der Waals surface area contributed by atoms with Crippen LogP contribution in [0, 0.1) is 0 Å². The second-order valence-electron chi connectivity index (χ2n) is 17.9. The van der Waals surface area contributed by atoms with Gasteiger partial charge in [-0.1, -0.05) is 22.6 Å². The summed E-state index contributed by atoms with van der Waals surface area (Å²) in [5.74, 6) is -51.2. The van der Waals surface area contributed by atoms with Crippen LogP contribution in [0.1, 0.15) is 75.2 Å². The van der Waals surface area contributed by atoms with Crippen molar-refractivity contribution in [2.24, 2.45) is 0 Å². The second kappa shape index (κ2) is 28.8. The van der Waals surface area contributed by atoms with Gasteiger partial charge in [-0.3, -0.25) is 47.9 Å². The minimum absolute atomic E-state index is 0.651. The number of rotatable bonds is 27. The van der Waals surface area contributed by atoms with Gasteiger partial charge in [0.1, 0.15) is 37.6 Å². The van der Waals surface area contributed by atoms with Crippen LogP contribution in [0.25, 0.3) is 0 Å². The van der Waals surface area contributed by atoms with E-state index in [0.29, 0.717) is 29.5 Å². The molecule has 11 atom stereocenters. The van der Waals surface area contributed by atoms with Crippen molar-refractivity contribution in [1.82, 2.24) is 5.32 Å². The highest BCUT2D eigenvalue weighted by Crippen LogP contribution is 2.61. The molecule has 2 fully saturated rings. The first kappa shape index (κ1) is 72.5. The number of alkyl halides is 14. The molecule has 0 aromatic heterocycles. The fraction of sp³-hybridized carbons (Fsp3) is 0.773. The molecule has 2 aliphatic rings. The van der Waals surface area contributed by atoms with Crippen molar-refractivity contribution in [3.8, 4) is 0 Å². The molecule has 2 heterocycles. The highest BCUT2D eigenvalue weighted by Gasteiger charge is 2.90. The van der Waals surface area contributed by atoms with Crippen LogP contribution in [-0.4, -0.2) is 199 Å². The molecule has 38 heteroatoms. The molecule has 0 aromatic rings. The van der Waals surface area contributed by atoms with Gasteiger partial charge in [-0.2, -0.15) is 57.1 Å². The number of hydrogen-bond acceptors (Lipinski definition) is 23. The highest BCUT2D eigenvalue weighted by atomic mass is 127. The van der Waals surface area contributed by atoms with Crippen LogP contribution in [0.15, 0.2) is 0 Å². The van der Waals surface area contributed by atoms with Crippen LogP contribution in [-0.2, 0) is 110 Å². The van der Waals surface area contributed by atoms with Crippen LogP contribution in [0.2, 0.25) is 0 Å². The van der Waals surface area contributed by atoms with Crippen LogP contribution in [0.5, 0.6) is 0 Å². The molecule has 0 aromatic carbocycles. The first-order chi connectivity index (χ1) is 37.3. The zero-order valence-corrected chi connectivity index (χ0v) is 46.1. The van der Waals surface area contributed by atoms with E-state index in [9.17, 15) is 96.2 Å². The molecule has 2 saturated heterocycles. The molecular weight excluding hydrogens is 1280 g/mol. The van der Waals surface area contributed by atoms with Crippen molar-refractivity contribution in [3.05, 3.63) is 0 Å². The highest BCUT2D eigenvalue weighted by molar-refractivity contribution is 14.1. The lowest BCUT2D eigenvalue weighted by Crippen LogP contribution is -2.70. The quantitative estimate of drug-likeness (QED) is 0.0400. The minimum Gasteiger partial charge on any atom is -0.463 e. The Balaban J connectivity index is 2.97. The SMILES string of the molecule is CC(=O)OC[C@H]1O[C@@H](OCC(COC(C)=O)(CO[C@@H]2O[C@H](COC(C)=O)[C@@H](OC(C)=O)[C@H](OC(C)=O)[C@H]2OC(C)=O)NC(=O)CC(I)CC(F)(F)C(F)(F)C(F)(F)C(F)(F)C(F)(F)C(F)(F)F)[C@H](OC(C)=O)[C@@H](OC(C)=O)[C@@H]1OC(C)=O. The Bertz CT molecular complexity index is 2230. The van der Waals surface area contributed by atoms with E-state index in [1.54, 1.807) is 0 Å². The molecule has 24 nitrogen and oxygen atoms in total. The van der Waals surface area contributed by atoms with Crippen LogP contribution >= 0.6 is 22.6 Å². The van der Waals surface area contributed by atoms with Gasteiger partial charge in [0.05, 0.1) is 13.2 Å². The van der Waals surface area contributed by atoms with Crippen LogP contribution in [0.4, 0.5) is 57.1 Å². The first-order valence-corrected chi connectivity index (χ1v) is 24.4. The van der Waals surface area contributed by atoms with E-state index in [1.165, 1.54) is 0 Å². The molecule has 82 heavy (non-hydrogen) atoms. The smallest absolute Gasteiger partial charge is 0.460 e. The predicted molar refractivity (Wildman–Crippen MR) is 241 cm³/mol. The molecule has 1 N–H and O–H groups in total. The molecule has 2 aliphatic heterocycles. The summed E-state index contributed by atoms with van der Waals surface area (Å²) in [6.07, 6.45) is -32.5. The third-order valence-electron chi connectivity index (χ3n) is 10.8. The maximum atomic E-state index is 15.1. The number of hydrogen-bond donors (Lipinski definition) is 1. The Kier molecular flexibility index (Phi) is 25.4. The fourth-order valence-electron chi connectivity index (χ4n) is 7.43. The standard InChI is InChI=1S/C44H53F13INO23/c1-17(60)70-12-27-30(75-20(4)63)32(77-22(6)65)34(79-24(8)67)36(81-27)73-15-38(14-72-19(3)62,16-74-37-35(80-25(9)68)33(78-23(7)66)31(76-21(5)64)28(82-37)13-71-18(2)61)59-29(69)10-26(58)11-39(45,46)40(47,48)41(49,50)42(51,52)43(53,54)44(55,56)57/h26-28,30-37H,10-16H2,1-9H3,(H,59,69)/t26?,27-,28-,30-,31-,32+,33+,34-,35-,36-,37-/m1/s1. The van der Waals surface area contributed by atoms with E-state index in [-0.39, 0.29) is 0 Å². The number of nitrogens with one attached hydrogen (secondary N) is 1. The van der Waals surface area contributed by atoms with Crippen molar-refractivity contribution in [3.63, 3.8) is 0 Å². The molecule has 0 spiro atoms. The van der Waals surface area contributed by atoms with Crippen LogP contribution < -0.4 is 5.32 Å². The molecule has 2 rings (SSSR count). The number of amides is 1. The molecule has 0 saturated carbocycles. The van der Waals surface area contributed by atoms with Crippen molar-refractivity contribution < 1.29 is 167 Å². The number of esters is 9. The van der Waals surface area contributed by atoms with Crippen LogP contribution in [0.3, 0.4) is 0 Å². The van der Waals surface area contributed by atoms with Gasteiger partial charge in [-0.25, -0.2) is 0 Å². The normalized spacial score (nSPS) is 24.1. The third kappa shape index (κ3) is 18.9. The maximum Gasteiger partial charge on any atom is 0.460 e. The summed E-state index contributed by atoms with van der Waals surface area (Å²) in [4.78, 5) is 125. The number of ether oxygens (including phenoxy) is 13. The first-order valence-electron chi connectivity index (χ1n) is 23.1. The predicted octanol–water partition coefficient (Wildman–Crippen LogP) is 3.93. The van der Waals surface area contributed by atoms with E-state index in [2.05, 4.69) is 0 Å². The summed E-state index contributed by atoms with van der Waals surface area (Å²) >= 11 is 0.651. The van der Waals surface area contributed by atoms with Gasteiger partial charge in [0.15, 0.2) is 49.2 Å². The largest absolute Gasteiger partial charge is 0.463 e. The van der Waals surface area contributed by atoms with E-state index in [0.717, 1.165) is 55.4 Å². The molecule has 0 aliphatic carbocycles. The molecule has 0 bridgehead atoms. The average molecular weight is 1340 g/mol. The molecule has 1 amide bonds. The summed E-state index contributed by atoms with van der Waals surface area (Å²) in [5, 5.41) is 2.01. The summed E-state index contributed by atoms with van der Waals surface area (Å²) < 4.78 is 250. The van der Waals surface area contributed by atoms with Crippen molar-refractivity contribution in [2.45, 2.75) is 182 Å². The van der Waals surface area contributed by atoms with Crippen molar-refractivity contribution >= 4 is 82.2 Å². The topological polar surface area (TPSA) is 303 Å². The van der Waals surface area contributed by atoms with Gasteiger partial charge >= 0.3 is 89.5 Å². The van der Waals surface area contributed by atoms with E-state index >= 15 is 8.78 Å². The number of carbonyl (C=O) groups excluding carboxylic acids is 10. The van der Waals surface area contributed by atoms with E-state index in [1.807, 2.05) is 5.32 Å². The van der Waals surface area contributed by atoms with Gasteiger partial charge in [-0.15, -0.1) is 0 Å². The Morgan fingerprint density at radius 3 is 1.06 bits per heavy atom. The molecule has 0 radical (unpaired) electrons. The Hall–Kier alpha value is -5.64. The Labute approximate surface area is 467 Å². The summed E-state index contributed by atoms with van der Waals surface area (Å²) in [6, 6.07) is 0. The summed E-state index contributed by atoms with van der Waals surface area (Å²) in [6.45, 7) is 1.26. The second-order valence-corrected chi connectivity index (χ2v) is 19.6. The lowest BCUT2D eigenvalue weighted by molar-refractivity contribution is -0.440. The lowest BCUT2D eigenvalue weighted by Gasteiger charge is -2.46. The Morgan fingerprint density at radius 1 is 0.427 bits per heavy atom. The average Bonchev–Trinajstić information content (AvgIpc) is 3.49. The zero-order valence-electron chi connectivity index (χ0n) is 44.0. The summed E-state index contributed by atoms with van der Waals surface area (Å²) in [7, 11) is 0. The molecule has 1 unspecified atom stereocenters. The monoisotopic (exact) mass is 1340 g/mol. The number of halogens is 14. The Morgan fingerprint density at radius 2 is 0.744 bits per heavy atom. The van der Waals surface area contributed by atoms with E-state index in [4.69, 9.17) is 61.6 Å². The van der Waals surface area contributed by atoms with E-state index < -0.39 is 212 Å². The van der Waals surface area contributed by atoms with Gasteiger partial charge in [-0.05, 0) is 0 Å². The van der Waals surface area contributed by atoms with Gasteiger partial charge in [0.2, 0.25) is 5.91 Å². The van der Waals surface area contributed by atoms with Gasteiger partial charge in [0, 0.05) is 79.1 Å². The molecule has 470 valence electrons. The fourth-order valence-corrected chi connectivity index (χ4v) is 8.38. The maximum absolute atomic E-state index is 15.1. The number of carbonyl (C=O) groups is 10.